The number of allylic oxidation sites excluding steroid dienone is 1. The van der Waals surface area contributed by atoms with E-state index in [1.54, 1.807) is 7.11 Å². The molecule has 1 aliphatic carbocycles. The predicted molar refractivity (Wildman–Crippen MR) is 98.9 cm³/mol. The smallest absolute Gasteiger partial charge is 0.161 e. The molecule has 3 rings (SSSR count). The molecule has 2 aliphatic rings. The number of phenolic OH excluding ortho intramolecular Hbond substituents is 1. The number of rotatable bonds is 3. The summed E-state index contributed by atoms with van der Waals surface area (Å²) in [6, 6.07) is 4.53. The lowest BCUT2D eigenvalue weighted by molar-refractivity contribution is 0.169. The van der Waals surface area contributed by atoms with Crippen LogP contribution in [0.15, 0.2) is 24.3 Å². The lowest BCUT2D eigenvalue weighted by atomic mass is 9.60. The maximum absolute atomic E-state index is 11.1. The highest BCUT2D eigenvalue weighted by Gasteiger charge is 2.47. The van der Waals surface area contributed by atoms with Gasteiger partial charge in [0.25, 0.3) is 0 Å². The monoisotopic (exact) mass is 329 g/mol. The standard InChI is InChI=1S/C21H31NO2/c1-5-16-10-11-18(24-4)20(23)19(16)21-12-7-6-9-17(21)15(2)22(3)14-8-13-21/h6,9-11,15,17,23H,5,7-8,12-14H2,1-4H3/t15-,17+,21-/m1/s1. The molecule has 3 heteroatoms. The molecule has 0 bridgehead atoms. The van der Waals surface area contributed by atoms with E-state index in [2.05, 4.69) is 44.0 Å². The first-order chi connectivity index (χ1) is 11.5. The van der Waals surface area contributed by atoms with Gasteiger partial charge in [-0.15, -0.1) is 0 Å². The van der Waals surface area contributed by atoms with Crippen LogP contribution in [0, 0.1) is 5.92 Å². The Morgan fingerprint density at radius 3 is 2.83 bits per heavy atom. The second-order valence-corrected chi connectivity index (χ2v) is 7.48. The highest BCUT2D eigenvalue weighted by Crippen LogP contribution is 2.53. The number of phenols is 1. The number of benzene rings is 1. The van der Waals surface area contributed by atoms with Crippen LogP contribution < -0.4 is 4.74 Å². The molecular formula is C21H31NO2. The molecule has 0 spiro atoms. The molecule has 3 nitrogen and oxygen atoms in total. The summed E-state index contributed by atoms with van der Waals surface area (Å²) in [5, 5.41) is 11.1. The highest BCUT2D eigenvalue weighted by atomic mass is 16.5. The lowest BCUT2D eigenvalue weighted by Gasteiger charge is -2.46. The second-order valence-electron chi connectivity index (χ2n) is 7.48. The van der Waals surface area contributed by atoms with E-state index in [9.17, 15) is 5.11 Å². The number of aromatic hydroxyl groups is 1. The van der Waals surface area contributed by atoms with Crippen LogP contribution in [0.4, 0.5) is 0 Å². The van der Waals surface area contributed by atoms with Gasteiger partial charge in [-0.25, -0.2) is 0 Å². The van der Waals surface area contributed by atoms with Crippen molar-refractivity contribution in [1.29, 1.82) is 0 Å². The van der Waals surface area contributed by atoms with Crippen LogP contribution in [0.25, 0.3) is 0 Å². The molecule has 24 heavy (non-hydrogen) atoms. The Balaban J connectivity index is 2.22. The number of methoxy groups -OCH3 is 1. The van der Waals surface area contributed by atoms with Gasteiger partial charge in [-0.1, -0.05) is 25.1 Å². The Morgan fingerprint density at radius 2 is 2.12 bits per heavy atom. The van der Waals surface area contributed by atoms with Crippen LogP contribution in [0.5, 0.6) is 11.5 Å². The van der Waals surface area contributed by atoms with Crippen molar-refractivity contribution in [3.8, 4) is 11.5 Å². The minimum Gasteiger partial charge on any atom is -0.504 e. The van der Waals surface area contributed by atoms with Gasteiger partial charge < -0.3 is 14.7 Å². The number of ether oxygens (including phenoxy) is 1. The first-order valence-corrected chi connectivity index (χ1v) is 9.31. The summed E-state index contributed by atoms with van der Waals surface area (Å²) in [7, 11) is 3.87. The molecular weight excluding hydrogens is 298 g/mol. The maximum Gasteiger partial charge on any atom is 0.161 e. The zero-order valence-corrected chi connectivity index (χ0v) is 15.5. The fourth-order valence-electron chi connectivity index (χ4n) is 5.02. The van der Waals surface area contributed by atoms with Gasteiger partial charge in [0.05, 0.1) is 7.11 Å². The van der Waals surface area contributed by atoms with Crippen LogP contribution in [0.2, 0.25) is 0 Å². The summed E-state index contributed by atoms with van der Waals surface area (Å²) >= 11 is 0. The molecule has 0 aromatic heterocycles. The SMILES string of the molecule is CCc1ccc(OC)c(O)c1[C@@]12CCC=C[C@H]1[C@@H](C)N(C)CCC2. The lowest BCUT2D eigenvalue weighted by Crippen LogP contribution is -2.45. The first-order valence-electron chi connectivity index (χ1n) is 9.31. The Hall–Kier alpha value is -1.48. The molecule has 132 valence electrons. The van der Waals surface area contributed by atoms with Gasteiger partial charge in [-0.3, -0.25) is 0 Å². The number of nitrogens with zero attached hydrogens (tertiary/aromatic N) is 1. The Labute approximate surface area is 146 Å². The van der Waals surface area contributed by atoms with Crippen molar-refractivity contribution >= 4 is 0 Å². The average Bonchev–Trinajstić information content (AvgIpc) is 2.72. The molecule has 1 N–H and O–H groups in total. The minimum atomic E-state index is 0.0168. The van der Waals surface area contributed by atoms with E-state index in [-0.39, 0.29) is 5.41 Å². The van der Waals surface area contributed by atoms with Gasteiger partial charge >= 0.3 is 0 Å². The van der Waals surface area contributed by atoms with Crippen molar-refractivity contribution in [2.75, 3.05) is 20.7 Å². The van der Waals surface area contributed by atoms with Crippen molar-refractivity contribution < 1.29 is 9.84 Å². The number of hydrogen-bond acceptors (Lipinski definition) is 3. The Bertz CT molecular complexity index is 625. The van der Waals surface area contributed by atoms with Gasteiger partial charge in [-0.05, 0) is 64.3 Å². The minimum absolute atomic E-state index is 0.0168. The molecule has 0 unspecified atom stereocenters. The largest absolute Gasteiger partial charge is 0.504 e. The molecule has 1 heterocycles. The molecule has 1 aromatic carbocycles. The number of hydrogen-bond donors (Lipinski definition) is 1. The molecule has 1 aliphatic heterocycles. The van der Waals surface area contributed by atoms with Crippen LogP contribution in [0.1, 0.15) is 50.7 Å². The predicted octanol–water partition coefficient (Wildman–Crippen LogP) is 4.28. The van der Waals surface area contributed by atoms with Gasteiger partial charge in [0.1, 0.15) is 0 Å². The van der Waals surface area contributed by atoms with Crippen molar-refractivity contribution in [3.05, 3.63) is 35.4 Å². The van der Waals surface area contributed by atoms with Gasteiger partial charge in [0, 0.05) is 22.9 Å². The molecule has 0 amide bonds. The molecule has 3 atom stereocenters. The molecule has 0 saturated carbocycles. The molecule has 0 radical (unpaired) electrons. The first kappa shape index (κ1) is 17.3. The summed E-state index contributed by atoms with van der Waals surface area (Å²) in [5.74, 6) is 1.41. The average molecular weight is 329 g/mol. The third kappa shape index (κ3) is 2.63. The van der Waals surface area contributed by atoms with E-state index in [4.69, 9.17) is 4.74 Å². The fourth-order valence-corrected chi connectivity index (χ4v) is 5.02. The molecule has 1 saturated heterocycles. The van der Waals surface area contributed by atoms with E-state index >= 15 is 0 Å². The summed E-state index contributed by atoms with van der Waals surface area (Å²) in [6.07, 6.45) is 10.2. The van der Waals surface area contributed by atoms with Crippen LogP contribution in [-0.4, -0.2) is 36.8 Å². The molecule has 1 fully saturated rings. The van der Waals surface area contributed by atoms with E-state index in [0.29, 0.717) is 23.5 Å². The van der Waals surface area contributed by atoms with Crippen molar-refractivity contribution in [3.63, 3.8) is 0 Å². The van der Waals surface area contributed by atoms with E-state index in [0.717, 1.165) is 37.8 Å². The van der Waals surface area contributed by atoms with Gasteiger partial charge in [-0.2, -0.15) is 0 Å². The summed E-state index contributed by atoms with van der Waals surface area (Å²) in [6.45, 7) is 5.64. The third-order valence-corrected chi connectivity index (χ3v) is 6.41. The van der Waals surface area contributed by atoms with Crippen LogP contribution in [-0.2, 0) is 11.8 Å². The summed E-state index contributed by atoms with van der Waals surface area (Å²) in [5.41, 5.74) is 2.44. The zero-order chi connectivity index (χ0) is 17.3. The maximum atomic E-state index is 11.1. The van der Waals surface area contributed by atoms with Crippen molar-refractivity contribution in [2.24, 2.45) is 5.92 Å². The quantitative estimate of drug-likeness (QED) is 0.840. The van der Waals surface area contributed by atoms with Crippen LogP contribution >= 0.6 is 0 Å². The van der Waals surface area contributed by atoms with E-state index in [1.165, 1.54) is 12.0 Å². The van der Waals surface area contributed by atoms with Gasteiger partial charge in [0.15, 0.2) is 11.5 Å². The summed E-state index contributed by atoms with van der Waals surface area (Å²) < 4.78 is 5.45. The summed E-state index contributed by atoms with van der Waals surface area (Å²) in [4.78, 5) is 2.48. The van der Waals surface area contributed by atoms with Crippen LogP contribution in [0.3, 0.4) is 0 Å². The number of likely N-dealkylation sites (tertiary alicyclic amines) is 1. The van der Waals surface area contributed by atoms with Gasteiger partial charge in [0.2, 0.25) is 0 Å². The third-order valence-electron chi connectivity index (χ3n) is 6.41. The number of aryl methyl sites for hydroxylation is 1. The fraction of sp³-hybridized carbons (Fsp3) is 0.619. The topological polar surface area (TPSA) is 32.7 Å². The second kappa shape index (κ2) is 6.79. The normalized spacial score (nSPS) is 30.7. The van der Waals surface area contributed by atoms with Crippen molar-refractivity contribution in [2.45, 2.75) is 57.4 Å². The number of fused-ring (bicyclic) bond motifs is 1. The molecule has 1 aromatic rings. The van der Waals surface area contributed by atoms with E-state index in [1.807, 2.05) is 6.07 Å². The Morgan fingerprint density at radius 1 is 1.33 bits per heavy atom. The van der Waals surface area contributed by atoms with Crippen molar-refractivity contribution in [1.82, 2.24) is 4.90 Å². The Kier molecular flexibility index (Phi) is 4.91. The zero-order valence-electron chi connectivity index (χ0n) is 15.5. The highest BCUT2D eigenvalue weighted by molar-refractivity contribution is 5.55. The van der Waals surface area contributed by atoms with E-state index < -0.39 is 0 Å².